The molecule has 0 spiro atoms. The first-order valence-corrected chi connectivity index (χ1v) is 6.01. The maximum absolute atomic E-state index is 12.0. The monoisotopic (exact) mass is 239 g/mol. The van der Waals surface area contributed by atoms with Crippen LogP contribution in [0.15, 0.2) is 42.5 Å². The molecule has 0 aliphatic carbocycles. The third-order valence-corrected chi connectivity index (χ3v) is 2.79. The van der Waals surface area contributed by atoms with Crippen LogP contribution < -0.4 is 5.32 Å². The Kier molecular flexibility index (Phi) is 3.47. The number of carbonyl (C=O) groups excluding carboxylic acids is 1. The molecule has 18 heavy (non-hydrogen) atoms. The Morgan fingerprint density at radius 2 is 1.39 bits per heavy atom. The van der Waals surface area contributed by atoms with E-state index >= 15 is 0 Å². The third kappa shape index (κ3) is 2.98. The molecule has 0 saturated carbocycles. The summed E-state index contributed by atoms with van der Waals surface area (Å²) in [5, 5.41) is 2.92. The SMILES string of the molecule is Cc1ccc(C(=O)Nc2cc(C)cc(C)c2)cc1. The first-order valence-electron chi connectivity index (χ1n) is 6.01. The van der Waals surface area contributed by atoms with Crippen LogP contribution in [-0.4, -0.2) is 5.91 Å². The molecule has 0 saturated heterocycles. The van der Waals surface area contributed by atoms with Crippen LogP contribution in [0.5, 0.6) is 0 Å². The van der Waals surface area contributed by atoms with Gasteiger partial charge < -0.3 is 5.32 Å². The van der Waals surface area contributed by atoms with Crippen molar-refractivity contribution in [2.75, 3.05) is 5.32 Å². The van der Waals surface area contributed by atoms with Gasteiger partial charge in [0.1, 0.15) is 0 Å². The Morgan fingerprint density at radius 1 is 0.833 bits per heavy atom. The van der Waals surface area contributed by atoms with E-state index in [9.17, 15) is 4.79 Å². The topological polar surface area (TPSA) is 29.1 Å². The van der Waals surface area contributed by atoms with Crippen LogP contribution >= 0.6 is 0 Å². The number of hydrogen-bond donors (Lipinski definition) is 1. The average Bonchev–Trinajstić information content (AvgIpc) is 2.28. The molecular weight excluding hydrogens is 222 g/mol. The highest BCUT2D eigenvalue weighted by atomic mass is 16.1. The van der Waals surface area contributed by atoms with Crippen molar-refractivity contribution >= 4 is 11.6 Å². The molecule has 0 aromatic heterocycles. The molecule has 0 radical (unpaired) electrons. The Hall–Kier alpha value is -2.09. The maximum Gasteiger partial charge on any atom is 0.255 e. The van der Waals surface area contributed by atoms with Gasteiger partial charge in [0.05, 0.1) is 0 Å². The molecule has 2 rings (SSSR count). The molecule has 2 aromatic rings. The summed E-state index contributed by atoms with van der Waals surface area (Å²) in [7, 11) is 0. The highest BCUT2D eigenvalue weighted by molar-refractivity contribution is 6.04. The molecule has 2 heteroatoms. The van der Waals surface area contributed by atoms with E-state index in [4.69, 9.17) is 0 Å². The molecule has 2 aromatic carbocycles. The lowest BCUT2D eigenvalue weighted by Crippen LogP contribution is -2.11. The van der Waals surface area contributed by atoms with E-state index in [0.29, 0.717) is 5.56 Å². The van der Waals surface area contributed by atoms with E-state index < -0.39 is 0 Å². The lowest BCUT2D eigenvalue weighted by molar-refractivity contribution is 0.102. The molecule has 0 unspecified atom stereocenters. The summed E-state index contributed by atoms with van der Waals surface area (Å²) in [6, 6.07) is 13.6. The molecule has 1 amide bonds. The fourth-order valence-electron chi connectivity index (χ4n) is 1.96. The molecule has 0 bridgehead atoms. The van der Waals surface area contributed by atoms with Crippen LogP contribution in [0, 0.1) is 20.8 Å². The van der Waals surface area contributed by atoms with Gasteiger partial charge in [-0.1, -0.05) is 23.8 Å². The average molecular weight is 239 g/mol. The molecule has 0 fully saturated rings. The van der Waals surface area contributed by atoms with Gasteiger partial charge >= 0.3 is 0 Å². The summed E-state index contributed by atoms with van der Waals surface area (Å²) < 4.78 is 0. The Balaban J connectivity index is 2.18. The number of benzene rings is 2. The first kappa shape index (κ1) is 12.4. The molecule has 0 aliphatic rings. The molecule has 92 valence electrons. The van der Waals surface area contributed by atoms with E-state index in [1.807, 2.05) is 57.2 Å². The van der Waals surface area contributed by atoms with Gasteiger partial charge in [-0.3, -0.25) is 4.79 Å². The number of carbonyl (C=O) groups is 1. The predicted molar refractivity (Wildman–Crippen MR) is 75.0 cm³/mol. The summed E-state index contributed by atoms with van der Waals surface area (Å²) in [6.45, 7) is 6.05. The van der Waals surface area contributed by atoms with Crippen molar-refractivity contribution in [2.24, 2.45) is 0 Å². The maximum atomic E-state index is 12.0. The molecule has 0 aliphatic heterocycles. The second-order valence-corrected chi connectivity index (χ2v) is 4.70. The van der Waals surface area contributed by atoms with Crippen LogP contribution in [0.1, 0.15) is 27.0 Å². The first-order chi connectivity index (χ1) is 8.54. The standard InChI is InChI=1S/C16H17NO/c1-11-4-6-14(7-5-11)16(18)17-15-9-12(2)8-13(3)10-15/h4-10H,1-3H3,(H,17,18). The van der Waals surface area contributed by atoms with Crippen molar-refractivity contribution in [1.82, 2.24) is 0 Å². The zero-order valence-electron chi connectivity index (χ0n) is 10.9. The minimum Gasteiger partial charge on any atom is -0.322 e. The predicted octanol–water partition coefficient (Wildman–Crippen LogP) is 3.86. The number of nitrogens with one attached hydrogen (secondary N) is 1. The zero-order chi connectivity index (χ0) is 13.1. The summed E-state index contributed by atoms with van der Waals surface area (Å²) in [5.41, 5.74) is 4.97. The van der Waals surface area contributed by atoms with Gasteiger partial charge in [-0.15, -0.1) is 0 Å². The van der Waals surface area contributed by atoms with Gasteiger partial charge in [0.15, 0.2) is 0 Å². The normalized spacial score (nSPS) is 10.2. The van der Waals surface area contributed by atoms with Crippen LogP contribution in [0.3, 0.4) is 0 Å². The molecule has 2 nitrogen and oxygen atoms in total. The van der Waals surface area contributed by atoms with E-state index in [0.717, 1.165) is 22.4 Å². The van der Waals surface area contributed by atoms with Crippen molar-refractivity contribution in [3.05, 3.63) is 64.7 Å². The lowest BCUT2D eigenvalue weighted by Gasteiger charge is -2.07. The van der Waals surface area contributed by atoms with Gasteiger partial charge in [-0.05, 0) is 56.2 Å². The second-order valence-electron chi connectivity index (χ2n) is 4.70. The summed E-state index contributed by atoms with van der Waals surface area (Å²) in [6.07, 6.45) is 0. The molecular formula is C16H17NO. The van der Waals surface area contributed by atoms with Crippen LogP contribution in [0.2, 0.25) is 0 Å². The summed E-state index contributed by atoms with van der Waals surface area (Å²) in [5.74, 6) is -0.0694. The summed E-state index contributed by atoms with van der Waals surface area (Å²) in [4.78, 5) is 12.0. The molecule has 1 N–H and O–H groups in total. The van der Waals surface area contributed by atoms with E-state index in [2.05, 4.69) is 11.4 Å². The fraction of sp³-hybridized carbons (Fsp3) is 0.188. The van der Waals surface area contributed by atoms with Crippen LogP contribution in [0.4, 0.5) is 5.69 Å². The van der Waals surface area contributed by atoms with Gasteiger partial charge in [0.2, 0.25) is 0 Å². The number of hydrogen-bond acceptors (Lipinski definition) is 1. The fourth-order valence-corrected chi connectivity index (χ4v) is 1.96. The smallest absolute Gasteiger partial charge is 0.255 e. The van der Waals surface area contributed by atoms with Gasteiger partial charge in [0.25, 0.3) is 5.91 Å². The molecule has 0 heterocycles. The Morgan fingerprint density at radius 3 is 1.94 bits per heavy atom. The Bertz CT molecular complexity index is 550. The van der Waals surface area contributed by atoms with Crippen molar-refractivity contribution in [1.29, 1.82) is 0 Å². The molecule has 0 atom stereocenters. The summed E-state index contributed by atoms with van der Waals surface area (Å²) >= 11 is 0. The number of amides is 1. The quantitative estimate of drug-likeness (QED) is 0.847. The zero-order valence-corrected chi connectivity index (χ0v) is 10.9. The highest BCUT2D eigenvalue weighted by Gasteiger charge is 2.05. The number of anilines is 1. The van der Waals surface area contributed by atoms with Crippen molar-refractivity contribution in [3.63, 3.8) is 0 Å². The van der Waals surface area contributed by atoms with E-state index in [1.54, 1.807) is 0 Å². The number of rotatable bonds is 2. The minimum absolute atomic E-state index is 0.0694. The highest BCUT2D eigenvalue weighted by Crippen LogP contribution is 2.15. The third-order valence-electron chi connectivity index (χ3n) is 2.79. The van der Waals surface area contributed by atoms with E-state index in [1.165, 1.54) is 0 Å². The van der Waals surface area contributed by atoms with Gasteiger partial charge in [-0.25, -0.2) is 0 Å². The second kappa shape index (κ2) is 5.05. The van der Waals surface area contributed by atoms with Gasteiger partial charge in [-0.2, -0.15) is 0 Å². The Labute approximate surface area is 108 Å². The van der Waals surface area contributed by atoms with Crippen molar-refractivity contribution in [2.45, 2.75) is 20.8 Å². The minimum atomic E-state index is -0.0694. The largest absolute Gasteiger partial charge is 0.322 e. The van der Waals surface area contributed by atoms with Crippen molar-refractivity contribution in [3.8, 4) is 0 Å². The van der Waals surface area contributed by atoms with Crippen LogP contribution in [0.25, 0.3) is 0 Å². The van der Waals surface area contributed by atoms with Crippen LogP contribution in [-0.2, 0) is 0 Å². The van der Waals surface area contributed by atoms with Gasteiger partial charge in [0, 0.05) is 11.3 Å². The van der Waals surface area contributed by atoms with E-state index in [-0.39, 0.29) is 5.91 Å². The number of aryl methyl sites for hydroxylation is 3. The lowest BCUT2D eigenvalue weighted by atomic mass is 10.1. The van der Waals surface area contributed by atoms with Crippen molar-refractivity contribution < 1.29 is 4.79 Å².